The van der Waals surface area contributed by atoms with E-state index in [2.05, 4.69) is 10.6 Å². The number of aryl methyl sites for hydroxylation is 1. The van der Waals surface area contributed by atoms with Crippen molar-refractivity contribution in [1.82, 2.24) is 15.5 Å². The first-order chi connectivity index (χ1) is 13.7. The predicted molar refractivity (Wildman–Crippen MR) is 98.6 cm³/mol. The van der Waals surface area contributed by atoms with Gasteiger partial charge in [0, 0.05) is 19.6 Å². The van der Waals surface area contributed by atoms with Gasteiger partial charge in [0.15, 0.2) is 0 Å². The molecule has 2 heterocycles. The third-order valence-electron chi connectivity index (χ3n) is 4.72. The molecule has 1 saturated heterocycles. The van der Waals surface area contributed by atoms with Crippen LogP contribution in [-0.4, -0.2) is 35.8 Å². The number of carbonyl (C=O) groups excluding carboxylic acids is 2. The lowest BCUT2D eigenvalue weighted by Gasteiger charge is -2.34. The Hall–Kier alpha value is -2.81. The van der Waals surface area contributed by atoms with Crippen molar-refractivity contribution in [2.75, 3.05) is 13.1 Å². The lowest BCUT2D eigenvalue weighted by Crippen LogP contribution is -2.56. The minimum absolute atomic E-state index is 0.0928. The molecule has 29 heavy (non-hydrogen) atoms. The monoisotopic (exact) mass is 409 g/mol. The van der Waals surface area contributed by atoms with E-state index in [0.717, 1.165) is 17.9 Å². The van der Waals surface area contributed by atoms with Crippen LogP contribution in [0.15, 0.2) is 40.8 Å². The van der Waals surface area contributed by atoms with Gasteiger partial charge in [0.2, 0.25) is 11.8 Å². The number of rotatable bonds is 6. The summed E-state index contributed by atoms with van der Waals surface area (Å²) in [6.07, 6.45) is -4.52. The van der Waals surface area contributed by atoms with Gasteiger partial charge in [-0.2, -0.15) is 13.2 Å². The second-order valence-electron chi connectivity index (χ2n) is 6.97. The number of nitrogens with zero attached hydrogens (tertiary/aromatic N) is 1. The molecule has 0 aliphatic carbocycles. The van der Waals surface area contributed by atoms with Crippen molar-refractivity contribution in [2.24, 2.45) is 0 Å². The Balaban J connectivity index is 1.64. The van der Waals surface area contributed by atoms with Crippen molar-refractivity contribution in [1.29, 1.82) is 0 Å². The summed E-state index contributed by atoms with van der Waals surface area (Å²) in [7, 11) is 0. The minimum Gasteiger partial charge on any atom is -0.465 e. The summed E-state index contributed by atoms with van der Waals surface area (Å²) in [6.45, 7) is 2.96. The van der Waals surface area contributed by atoms with Gasteiger partial charge in [-0.3, -0.25) is 14.5 Å². The SMILES string of the molecule is Cc1ccc(CNC(=O)C[C@@H]2C(=O)NCCN2Cc2cccc(C(F)(F)F)c2)o1. The van der Waals surface area contributed by atoms with Gasteiger partial charge in [0.25, 0.3) is 0 Å². The van der Waals surface area contributed by atoms with Crippen molar-refractivity contribution in [3.8, 4) is 0 Å². The zero-order chi connectivity index (χ0) is 21.0. The quantitative estimate of drug-likeness (QED) is 0.769. The molecule has 2 aromatic rings. The number of hydrogen-bond acceptors (Lipinski definition) is 4. The van der Waals surface area contributed by atoms with E-state index in [1.807, 2.05) is 0 Å². The van der Waals surface area contributed by atoms with E-state index in [9.17, 15) is 22.8 Å². The number of hydrogen-bond donors (Lipinski definition) is 2. The number of piperazine rings is 1. The van der Waals surface area contributed by atoms with Crippen LogP contribution in [-0.2, 0) is 28.9 Å². The van der Waals surface area contributed by atoms with Gasteiger partial charge >= 0.3 is 6.18 Å². The van der Waals surface area contributed by atoms with E-state index in [-0.39, 0.29) is 31.3 Å². The fourth-order valence-corrected chi connectivity index (χ4v) is 3.27. The van der Waals surface area contributed by atoms with Crippen LogP contribution in [0.1, 0.15) is 29.1 Å². The van der Waals surface area contributed by atoms with Crippen LogP contribution in [0.5, 0.6) is 0 Å². The van der Waals surface area contributed by atoms with Crippen molar-refractivity contribution in [3.63, 3.8) is 0 Å². The van der Waals surface area contributed by atoms with E-state index in [4.69, 9.17) is 4.42 Å². The molecule has 9 heteroatoms. The number of carbonyl (C=O) groups is 2. The maximum atomic E-state index is 12.9. The molecule has 1 atom stereocenters. The predicted octanol–water partition coefficient (Wildman–Crippen LogP) is 2.61. The zero-order valence-corrected chi connectivity index (χ0v) is 15.9. The molecule has 1 aliphatic heterocycles. The minimum atomic E-state index is -4.43. The summed E-state index contributed by atoms with van der Waals surface area (Å²) in [6, 6.07) is 7.79. The molecule has 0 unspecified atom stereocenters. The molecule has 156 valence electrons. The van der Waals surface area contributed by atoms with Crippen LogP contribution < -0.4 is 10.6 Å². The fraction of sp³-hybridized carbons (Fsp3) is 0.400. The number of amides is 2. The Labute approximate surface area is 166 Å². The van der Waals surface area contributed by atoms with Crippen LogP contribution in [0.25, 0.3) is 0 Å². The molecule has 1 aromatic heterocycles. The third-order valence-corrected chi connectivity index (χ3v) is 4.72. The van der Waals surface area contributed by atoms with Gasteiger partial charge in [0.1, 0.15) is 11.5 Å². The van der Waals surface area contributed by atoms with Crippen LogP contribution in [0.3, 0.4) is 0 Å². The maximum absolute atomic E-state index is 12.9. The Morgan fingerprint density at radius 1 is 1.31 bits per heavy atom. The van der Waals surface area contributed by atoms with Crippen LogP contribution in [0.2, 0.25) is 0 Å². The average molecular weight is 409 g/mol. The molecule has 2 N–H and O–H groups in total. The summed E-state index contributed by atoms with van der Waals surface area (Å²) in [4.78, 5) is 26.3. The normalized spacial score (nSPS) is 17.8. The van der Waals surface area contributed by atoms with E-state index in [1.165, 1.54) is 6.07 Å². The Bertz CT molecular complexity index is 879. The Morgan fingerprint density at radius 2 is 2.10 bits per heavy atom. The number of halogens is 3. The van der Waals surface area contributed by atoms with Gasteiger partial charge in [-0.1, -0.05) is 18.2 Å². The molecule has 0 bridgehead atoms. The van der Waals surface area contributed by atoms with Crippen LogP contribution >= 0.6 is 0 Å². The molecule has 1 aliphatic rings. The van der Waals surface area contributed by atoms with Crippen molar-refractivity contribution >= 4 is 11.8 Å². The van der Waals surface area contributed by atoms with Crippen molar-refractivity contribution in [3.05, 3.63) is 59.0 Å². The molecule has 1 fully saturated rings. The molecule has 2 amide bonds. The molecular weight excluding hydrogens is 387 g/mol. The van der Waals surface area contributed by atoms with Crippen molar-refractivity contribution < 1.29 is 27.2 Å². The summed E-state index contributed by atoms with van der Waals surface area (Å²) >= 11 is 0. The number of benzene rings is 1. The highest BCUT2D eigenvalue weighted by molar-refractivity contribution is 5.88. The molecule has 1 aromatic carbocycles. The maximum Gasteiger partial charge on any atom is 0.416 e. The fourth-order valence-electron chi connectivity index (χ4n) is 3.27. The molecule has 0 radical (unpaired) electrons. The average Bonchev–Trinajstić information content (AvgIpc) is 3.08. The molecule has 0 saturated carbocycles. The largest absolute Gasteiger partial charge is 0.465 e. The number of nitrogens with one attached hydrogen (secondary N) is 2. The molecule has 0 spiro atoms. The Morgan fingerprint density at radius 3 is 2.79 bits per heavy atom. The first kappa shape index (κ1) is 20.9. The van der Waals surface area contributed by atoms with E-state index in [0.29, 0.717) is 24.4 Å². The summed E-state index contributed by atoms with van der Waals surface area (Å²) in [5.41, 5.74) is -0.300. The standard InChI is InChI=1S/C20H22F3N3O3/c1-13-5-6-16(29-13)11-25-18(27)10-17-19(28)24-7-8-26(17)12-14-3-2-4-15(9-14)20(21,22)23/h2-6,9,17H,7-8,10-12H2,1H3,(H,24,28)(H,25,27)/t17-/m1/s1. The summed E-state index contributed by atoms with van der Waals surface area (Å²) in [5, 5.41) is 5.41. The smallest absolute Gasteiger partial charge is 0.416 e. The van der Waals surface area contributed by atoms with Crippen LogP contribution in [0, 0.1) is 6.92 Å². The van der Waals surface area contributed by atoms with Gasteiger partial charge in [-0.25, -0.2) is 0 Å². The highest BCUT2D eigenvalue weighted by Crippen LogP contribution is 2.30. The zero-order valence-electron chi connectivity index (χ0n) is 15.9. The Kier molecular flexibility index (Phi) is 6.26. The molecular formula is C20H22F3N3O3. The highest BCUT2D eigenvalue weighted by atomic mass is 19.4. The van der Waals surface area contributed by atoms with Gasteiger partial charge in [-0.05, 0) is 30.7 Å². The third kappa shape index (κ3) is 5.60. The van der Waals surface area contributed by atoms with E-state index >= 15 is 0 Å². The van der Waals surface area contributed by atoms with E-state index < -0.39 is 17.8 Å². The first-order valence-corrected chi connectivity index (χ1v) is 9.22. The second kappa shape index (κ2) is 8.69. The number of furan rings is 1. The highest BCUT2D eigenvalue weighted by Gasteiger charge is 2.33. The number of alkyl halides is 3. The second-order valence-corrected chi connectivity index (χ2v) is 6.97. The molecule has 6 nitrogen and oxygen atoms in total. The molecule has 3 rings (SSSR count). The van der Waals surface area contributed by atoms with Crippen LogP contribution in [0.4, 0.5) is 13.2 Å². The first-order valence-electron chi connectivity index (χ1n) is 9.22. The lowest BCUT2D eigenvalue weighted by molar-refractivity contribution is -0.137. The topological polar surface area (TPSA) is 74.6 Å². The van der Waals surface area contributed by atoms with E-state index in [1.54, 1.807) is 30.0 Å². The summed E-state index contributed by atoms with van der Waals surface area (Å²) in [5.74, 6) is 0.681. The van der Waals surface area contributed by atoms with Crippen molar-refractivity contribution in [2.45, 2.75) is 38.7 Å². The van der Waals surface area contributed by atoms with Gasteiger partial charge < -0.3 is 15.1 Å². The summed E-state index contributed by atoms with van der Waals surface area (Å²) < 4.78 is 44.2. The lowest BCUT2D eigenvalue weighted by atomic mass is 10.0. The van der Waals surface area contributed by atoms with Gasteiger partial charge in [0.05, 0.1) is 24.6 Å². The van der Waals surface area contributed by atoms with Gasteiger partial charge in [-0.15, -0.1) is 0 Å².